The normalized spacial score (nSPS) is 27.2. The van der Waals surface area contributed by atoms with Gasteiger partial charge in [0.05, 0.1) is 18.3 Å². The molecule has 4 rings (SSSR count). The molecule has 1 unspecified atom stereocenters. The topological polar surface area (TPSA) is 38.8 Å². The van der Waals surface area contributed by atoms with Crippen LogP contribution in [0, 0.1) is 0 Å². The fourth-order valence-electron chi connectivity index (χ4n) is 3.39. The van der Waals surface area contributed by atoms with E-state index in [9.17, 15) is 4.89 Å². The third-order valence-corrected chi connectivity index (χ3v) is 7.30. The maximum Gasteiger partial charge on any atom is 0.326 e. The summed E-state index contributed by atoms with van der Waals surface area (Å²) in [5, 5.41) is 0.581. The molecule has 0 bridgehead atoms. The van der Waals surface area contributed by atoms with Gasteiger partial charge in [-0.15, -0.1) is 4.67 Å². The van der Waals surface area contributed by atoms with Crippen molar-refractivity contribution in [2.24, 2.45) is 0 Å². The van der Waals surface area contributed by atoms with E-state index in [-0.39, 0.29) is 0 Å². The van der Waals surface area contributed by atoms with E-state index in [1.165, 1.54) is 0 Å². The molecular weight excluding hydrogens is 331 g/mol. The number of hydrogen-bond donors (Lipinski definition) is 0. The molecule has 0 aromatic heterocycles. The summed E-state index contributed by atoms with van der Waals surface area (Å²) in [6.45, 7) is 1.55. The van der Waals surface area contributed by atoms with Crippen molar-refractivity contribution in [2.75, 3.05) is 17.8 Å². The van der Waals surface area contributed by atoms with Crippen LogP contribution in [0.3, 0.4) is 0 Å². The Kier molecular flexibility index (Phi) is 3.94. The van der Waals surface area contributed by atoms with Gasteiger partial charge in [-0.3, -0.25) is 0 Å². The molecule has 2 atom stereocenters. The molecule has 2 aromatic carbocycles. The minimum absolute atomic E-state index is 0.292. The van der Waals surface area contributed by atoms with Crippen LogP contribution in [0.1, 0.15) is 12.8 Å². The van der Waals surface area contributed by atoms with Crippen LogP contribution < -0.4 is 14.1 Å². The van der Waals surface area contributed by atoms with Crippen LogP contribution in [0.4, 0.5) is 5.69 Å². The van der Waals surface area contributed by atoms with Crippen molar-refractivity contribution in [1.82, 2.24) is 4.67 Å². The predicted octanol–water partition coefficient (Wildman–Crippen LogP) is 3.74. The Labute approximate surface area is 141 Å². The van der Waals surface area contributed by atoms with Crippen molar-refractivity contribution >= 4 is 25.3 Å². The van der Waals surface area contributed by atoms with Crippen molar-refractivity contribution in [3.8, 4) is 5.75 Å². The fraction of sp³-hybridized carbons (Fsp3) is 0.294. The van der Waals surface area contributed by atoms with E-state index in [0.29, 0.717) is 16.8 Å². The summed E-state index contributed by atoms with van der Waals surface area (Å²) in [6.07, 6.45) is 2.13. The zero-order chi connectivity index (χ0) is 15.9. The lowest BCUT2D eigenvalue weighted by atomic mass is 10.2. The van der Waals surface area contributed by atoms with Gasteiger partial charge in [0.15, 0.2) is 5.75 Å². The molecular formula is C17H18ClN2O2P. The summed E-state index contributed by atoms with van der Waals surface area (Å²) in [6, 6.07) is 17.3. The minimum Gasteiger partial charge on any atom is -0.614 e. The highest BCUT2D eigenvalue weighted by Crippen LogP contribution is 2.66. The van der Waals surface area contributed by atoms with E-state index in [0.717, 1.165) is 31.6 Å². The minimum atomic E-state index is -3.14. The van der Waals surface area contributed by atoms with Gasteiger partial charge in [0.2, 0.25) is 0 Å². The Balaban J connectivity index is 1.71. The van der Waals surface area contributed by atoms with Crippen LogP contribution in [0.2, 0.25) is 5.02 Å². The van der Waals surface area contributed by atoms with E-state index in [2.05, 4.69) is 0 Å². The molecule has 2 aromatic rings. The largest absolute Gasteiger partial charge is 0.614 e. The van der Waals surface area contributed by atoms with Crippen molar-refractivity contribution in [1.29, 1.82) is 0 Å². The maximum absolute atomic E-state index is 13.8. The molecule has 0 spiro atoms. The smallest absolute Gasteiger partial charge is 0.326 e. The number of fused-ring (bicyclic) bond motifs is 1. The van der Waals surface area contributed by atoms with Crippen LogP contribution in [0.15, 0.2) is 54.6 Å². The molecule has 0 N–H and O–H groups in total. The van der Waals surface area contributed by atoms with Gasteiger partial charge in [0.1, 0.15) is 0 Å². The number of hydrogen-bond acceptors (Lipinski definition) is 4. The summed E-state index contributed by atoms with van der Waals surface area (Å²) >= 11 is 6.04. The highest BCUT2D eigenvalue weighted by molar-refractivity contribution is 7.64. The van der Waals surface area contributed by atoms with Crippen LogP contribution in [-0.2, 0) is 0 Å². The van der Waals surface area contributed by atoms with Crippen LogP contribution >= 0.6 is 19.6 Å². The first-order chi connectivity index (χ1) is 11.2. The van der Waals surface area contributed by atoms with Crippen LogP contribution in [0.25, 0.3) is 0 Å². The zero-order valence-electron chi connectivity index (χ0n) is 12.6. The molecule has 120 valence electrons. The van der Waals surface area contributed by atoms with E-state index in [4.69, 9.17) is 16.1 Å². The number of nitrogens with zero attached hydrogens (tertiary/aromatic N) is 2. The van der Waals surface area contributed by atoms with Gasteiger partial charge in [-0.25, -0.2) is 4.67 Å². The first-order valence-corrected chi connectivity index (χ1v) is 9.73. The maximum atomic E-state index is 13.8. The monoisotopic (exact) mass is 348 g/mol. The van der Waals surface area contributed by atoms with Crippen molar-refractivity contribution in [3.63, 3.8) is 0 Å². The van der Waals surface area contributed by atoms with E-state index in [1.54, 1.807) is 18.2 Å². The zero-order valence-corrected chi connectivity index (χ0v) is 14.3. The number of anilines is 1. The van der Waals surface area contributed by atoms with Crippen molar-refractivity contribution in [2.45, 2.75) is 18.9 Å². The second-order valence-electron chi connectivity index (χ2n) is 5.92. The second kappa shape index (κ2) is 5.95. The Morgan fingerprint density at radius 3 is 2.74 bits per heavy atom. The molecule has 0 aliphatic carbocycles. The molecule has 2 heterocycles. The molecule has 2 aliphatic rings. The Hall–Kier alpha value is -1.32. The first kappa shape index (κ1) is 15.2. The Morgan fingerprint density at radius 2 is 1.96 bits per heavy atom. The lowest BCUT2D eigenvalue weighted by Gasteiger charge is -2.36. The molecule has 6 heteroatoms. The van der Waals surface area contributed by atoms with Gasteiger partial charge >= 0.3 is 8.02 Å². The average molecular weight is 349 g/mol. The Bertz CT molecular complexity index is 702. The van der Waals surface area contributed by atoms with Gasteiger partial charge in [0.25, 0.3) is 0 Å². The van der Waals surface area contributed by atoms with Gasteiger partial charge < -0.3 is 9.42 Å². The predicted molar refractivity (Wildman–Crippen MR) is 92.5 cm³/mol. The van der Waals surface area contributed by atoms with Crippen molar-refractivity contribution < 1.29 is 9.42 Å². The standard InChI is InChI=1S/C17H18ClN2O2P/c18-14-6-4-10-17(12-14)22-23(21)19-11-5-9-16(19)13-20(23)15-7-2-1-3-8-15/h1-4,6-8,10,12,16H,5,9,11,13H2/t16-,23?/m0/s1. The molecule has 0 amide bonds. The van der Waals surface area contributed by atoms with Gasteiger partial charge in [-0.05, 0) is 37.1 Å². The summed E-state index contributed by atoms with van der Waals surface area (Å²) in [5.74, 6) is 0.550. The highest BCUT2D eigenvalue weighted by Gasteiger charge is 2.58. The highest BCUT2D eigenvalue weighted by atomic mass is 35.5. The quantitative estimate of drug-likeness (QED) is 0.792. The number of para-hydroxylation sites is 1. The molecule has 0 saturated carbocycles. The van der Waals surface area contributed by atoms with E-state index < -0.39 is 8.02 Å². The van der Waals surface area contributed by atoms with Gasteiger partial charge in [-0.2, -0.15) is 0 Å². The SMILES string of the molecule is [O-][P+]1(Oc2cccc(Cl)c2)N(c2ccccc2)C[C@@H]2CCCN21. The third kappa shape index (κ3) is 2.70. The second-order valence-corrected chi connectivity index (χ2v) is 8.51. The molecule has 4 nitrogen and oxygen atoms in total. The molecule has 2 fully saturated rings. The lowest BCUT2D eigenvalue weighted by Crippen LogP contribution is -2.37. The van der Waals surface area contributed by atoms with Crippen LogP contribution in [-0.4, -0.2) is 23.8 Å². The van der Waals surface area contributed by atoms with Gasteiger partial charge in [0, 0.05) is 17.6 Å². The number of benzene rings is 2. The Morgan fingerprint density at radius 1 is 1.13 bits per heavy atom. The van der Waals surface area contributed by atoms with E-state index >= 15 is 0 Å². The summed E-state index contributed by atoms with van der Waals surface area (Å²) < 4.78 is 10.0. The molecule has 23 heavy (non-hydrogen) atoms. The average Bonchev–Trinajstić information content (AvgIpc) is 3.11. The number of rotatable bonds is 3. The summed E-state index contributed by atoms with van der Waals surface area (Å²) in [5.41, 5.74) is 0.937. The molecule has 2 saturated heterocycles. The molecule has 0 radical (unpaired) electrons. The lowest BCUT2D eigenvalue weighted by molar-refractivity contribution is -0.197. The van der Waals surface area contributed by atoms with E-state index in [1.807, 2.05) is 45.7 Å². The first-order valence-electron chi connectivity index (χ1n) is 7.82. The fourth-order valence-corrected chi connectivity index (χ4v) is 6.26. The van der Waals surface area contributed by atoms with Crippen LogP contribution in [0.5, 0.6) is 5.75 Å². The summed E-state index contributed by atoms with van der Waals surface area (Å²) in [7, 11) is -3.14. The number of halogens is 1. The van der Waals surface area contributed by atoms with Gasteiger partial charge in [-0.1, -0.05) is 35.9 Å². The molecule has 2 aliphatic heterocycles. The third-order valence-electron chi connectivity index (χ3n) is 4.43. The summed E-state index contributed by atoms with van der Waals surface area (Å²) in [4.78, 5) is 13.8. The van der Waals surface area contributed by atoms with Crippen molar-refractivity contribution in [3.05, 3.63) is 59.6 Å².